The van der Waals surface area contributed by atoms with Crippen LogP contribution in [-0.4, -0.2) is 85.3 Å². The second kappa shape index (κ2) is 6.30. The van der Waals surface area contributed by atoms with Crippen LogP contribution >= 0.6 is 0 Å². The maximum atomic E-state index is 12.2. The largest absolute Gasteiger partial charge is 0.383 e. The van der Waals surface area contributed by atoms with Gasteiger partial charge in [0.15, 0.2) is 0 Å². The molecule has 0 aromatic heterocycles. The van der Waals surface area contributed by atoms with Gasteiger partial charge in [-0.25, -0.2) is 9.59 Å². The molecule has 0 saturated carbocycles. The van der Waals surface area contributed by atoms with Crippen LogP contribution in [0.2, 0.25) is 0 Å². The van der Waals surface area contributed by atoms with Gasteiger partial charge in [-0.15, -0.1) is 0 Å². The molecule has 0 aliphatic carbocycles. The molecule has 0 bridgehead atoms. The van der Waals surface area contributed by atoms with Gasteiger partial charge < -0.3 is 24.8 Å². The molecule has 0 spiro atoms. The second-order valence-corrected chi connectivity index (χ2v) is 5.62. The minimum Gasteiger partial charge on any atom is -0.383 e. The van der Waals surface area contributed by atoms with Gasteiger partial charge in [-0.3, -0.25) is 0 Å². The average molecular weight is 284 g/mol. The van der Waals surface area contributed by atoms with E-state index in [-0.39, 0.29) is 24.1 Å². The van der Waals surface area contributed by atoms with Crippen molar-refractivity contribution < 1.29 is 14.3 Å². The van der Waals surface area contributed by atoms with E-state index in [4.69, 9.17) is 4.74 Å². The highest BCUT2D eigenvalue weighted by Gasteiger charge is 2.41. The highest BCUT2D eigenvalue weighted by atomic mass is 16.5. The first kappa shape index (κ1) is 14.9. The van der Waals surface area contributed by atoms with Crippen molar-refractivity contribution in [1.29, 1.82) is 0 Å². The number of fused-ring (bicyclic) bond motifs is 1. The Morgan fingerprint density at radius 3 is 2.80 bits per heavy atom. The molecule has 4 amide bonds. The number of ether oxygens (including phenoxy) is 1. The van der Waals surface area contributed by atoms with E-state index >= 15 is 0 Å². The lowest BCUT2D eigenvalue weighted by molar-refractivity contribution is 0.127. The van der Waals surface area contributed by atoms with Gasteiger partial charge in [0.1, 0.15) is 0 Å². The van der Waals surface area contributed by atoms with E-state index in [0.29, 0.717) is 39.3 Å². The number of hydrogen-bond acceptors (Lipinski definition) is 3. The van der Waals surface area contributed by atoms with Crippen molar-refractivity contribution in [3.63, 3.8) is 0 Å². The lowest BCUT2D eigenvalue weighted by Gasteiger charge is -2.36. The molecule has 1 atom stereocenters. The van der Waals surface area contributed by atoms with E-state index < -0.39 is 0 Å². The third kappa shape index (κ3) is 3.15. The van der Waals surface area contributed by atoms with E-state index in [1.807, 2.05) is 18.7 Å². The number of carbonyl (C=O) groups is 2. The molecule has 7 nitrogen and oxygen atoms in total. The fourth-order valence-corrected chi connectivity index (χ4v) is 2.69. The Kier molecular flexibility index (Phi) is 4.69. The highest BCUT2D eigenvalue weighted by molar-refractivity contribution is 5.79. The Morgan fingerprint density at radius 2 is 2.15 bits per heavy atom. The summed E-state index contributed by atoms with van der Waals surface area (Å²) < 4.78 is 5.02. The normalized spacial score (nSPS) is 22.5. The van der Waals surface area contributed by atoms with E-state index in [1.165, 1.54) is 0 Å². The van der Waals surface area contributed by atoms with Gasteiger partial charge in [0, 0.05) is 45.9 Å². The smallest absolute Gasteiger partial charge is 0.320 e. The summed E-state index contributed by atoms with van der Waals surface area (Å²) in [5, 5.41) is 2.90. The van der Waals surface area contributed by atoms with Crippen LogP contribution in [0.4, 0.5) is 9.59 Å². The van der Waals surface area contributed by atoms with E-state index in [9.17, 15) is 9.59 Å². The molecule has 2 fully saturated rings. The van der Waals surface area contributed by atoms with Gasteiger partial charge in [-0.05, 0) is 13.8 Å². The summed E-state index contributed by atoms with van der Waals surface area (Å²) in [5.41, 5.74) is 0. The van der Waals surface area contributed by atoms with Crippen molar-refractivity contribution >= 4 is 12.1 Å². The lowest BCUT2D eigenvalue weighted by Crippen LogP contribution is -2.56. The fraction of sp³-hybridized carbons (Fsp3) is 0.846. The van der Waals surface area contributed by atoms with Crippen LogP contribution in [0.3, 0.4) is 0 Å². The number of rotatable bonds is 4. The summed E-state index contributed by atoms with van der Waals surface area (Å²) in [6, 6.07) is 0.258. The van der Waals surface area contributed by atoms with Crippen LogP contribution in [0.1, 0.15) is 13.8 Å². The molecule has 7 heteroatoms. The molecule has 0 radical (unpaired) electrons. The van der Waals surface area contributed by atoms with Crippen LogP contribution in [-0.2, 0) is 4.74 Å². The summed E-state index contributed by atoms with van der Waals surface area (Å²) in [4.78, 5) is 29.7. The topological polar surface area (TPSA) is 65.1 Å². The molecule has 0 unspecified atom stereocenters. The molecule has 0 aromatic carbocycles. The van der Waals surface area contributed by atoms with Gasteiger partial charge in [0.25, 0.3) is 0 Å². The SMILES string of the molecule is COCCN1C[C@H]2CN(C(=O)NC(C)C)CCN2C1=O. The zero-order valence-corrected chi connectivity index (χ0v) is 12.5. The van der Waals surface area contributed by atoms with Crippen LogP contribution in [0.25, 0.3) is 0 Å². The Morgan fingerprint density at radius 1 is 1.40 bits per heavy atom. The molecule has 114 valence electrons. The van der Waals surface area contributed by atoms with Crippen molar-refractivity contribution in [3.8, 4) is 0 Å². The number of piperazine rings is 1. The lowest BCUT2D eigenvalue weighted by atomic mass is 10.2. The highest BCUT2D eigenvalue weighted by Crippen LogP contribution is 2.20. The molecule has 2 aliphatic heterocycles. The zero-order chi connectivity index (χ0) is 14.7. The molecule has 1 N–H and O–H groups in total. The number of amides is 4. The monoisotopic (exact) mass is 284 g/mol. The van der Waals surface area contributed by atoms with Crippen LogP contribution in [0.15, 0.2) is 0 Å². The zero-order valence-electron chi connectivity index (χ0n) is 12.5. The number of methoxy groups -OCH3 is 1. The third-order valence-electron chi connectivity index (χ3n) is 3.69. The Balaban J connectivity index is 1.91. The Hall–Kier alpha value is -1.50. The first-order chi connectivity index (χ1) is 9.52. The summed E-state index contributed by atoms with van der Waals surface area (Å²) in [6.07, 6.45) is 0. The van der Waals surface area contributed by atoms with Crippen molar-refractivity contribution in [1.82, 2.24) is 20.0 Å². The first-order valence-electron chi connectivity index (χ1n) is 7.13. The molecule has 2 heterocycles. The number of hydrogen-bond donors (Lipinski definition) is 1. The van der Waals surface area contributed by atoms with Gasteiger partial charge in [0.05, 0.1) is 12.6 Å². The molecule has 2 aliphatic rings. The summed E-state index contributed by atoms with van der Waals surface area (Å²) in [6.45, 7) is 7.53. The first-order valence-corrected chi connectivity index (χ1v) is 7.13. The predicted octanol–water partition coefficient (Wildman–Crippen LogP) is 0.173. The van der Waals surface area contributed by atoms with Crippen molar-refractivity contribution in [2.75, 3.05) is 46.4 Å². The maximum Gasteiger partial charge on any atom is 0.320 e. The fourth-order valence-electron chi connectivity index (χ4n) is 2.69. The number of carbonyl (C=O) groups excluding carboxylic acids is 2. The molecular formula is C13H24N4O3. The van der Waals surface area contributed by atoms with Crippen LogP contribution < -0.4 is 5.32 Å². The maximum absolute atomic E-state index is 12.2. The van der Waals surface area contributed by atoms with Gasteiger partial charge in [-0.1, -0.05) is 0 Å². The molecule has 0 aromatic rings. The number of nitrogens with zero attached hydrogens (tertiary/aromatic N) is 3. The van der Waals surface area contributed by atoms with E-state index in [2.05, 4.69) is 5.32 Å². The van der Waals surface area contributed by atoms with Crippen molar-refractivity contribution in [3.05, 3.63) is 0 Å². The van der Waals surface area contributed by atoms with E-state index in [1.54, 1.807) is 16.9 Å². The molecule has 20 heavy (non-hydrogen) atoms. The predicted molar refractivity (Wildman–Crippen MR) is 74.6 cm³/mol. The summed E-state index contributed by atoms with van der Waals surface area (Å²) in [7, 11) is 1.63. The van der Waals surface area contributed by atoms with Crippen molar-refractivity contribution in [2.24, 2.45) is 0 Å². The van der Waals surface area contributed by atoms with Gasteiger partial charge >= 0.3 is 12.1 Å². The van der Waals surface area contributed by atoms with E-state index in [0.717, 1.165) is 0 Å². The Labute approximate surface area is 119 Å². The average Bonchev–Trinajstić information content (AvgIpc) is 2.72. The standard InChI is InChI=1S/C13H24N4O3/c1-10(2)14-12(18)15-4-5-17-11(8-15)9-16(13(17)19)6-7-20-3/h10-11H,4-9H2,1-3H3,(H,14,18)/t11-/m1/s1. The molecule has 2 rings (SSSR count). The number of nitrogens with one attached hydrogen (secondary N) is 1. The summed E-state index contributed by atoms with van der Waals surface area (Å²) >= 11 is 0. The quantitative estimate of drug-likeness (QED) is 0.800. The minimum atomic E-state index is -0.0394. The third-order valence-corrected chi connectivity index (χ3v) is 3.69. The van der Waals surface area contributed by atoms with Crippen LogP contribution in [0.5, 0.6) is 0 Å². The van der Waals surface area contributed by atoms with Crippen molar-refractivity contribution in [2.45, 2.75) is 25.9 Å². The Bertz CT molecular complexity index is 375. The minimum absolute atomic E-state index is 0.0394. The molecular weight excluding hydrogens is 260 g/mol. The van der Waals surface area contributed by atoms with Gasteiger partial charge in [0.2, 0.25) is 0 Å². The number of urea groups is 2. The van der Waals surface area contributed by atoms with Crippen LogP contribution in [0, 0.1) is 0 Å². The molecule has 2 saturated heterocycles. The summed E-state index contributed by atoms with van der Waals surface area (Å²) in [5.74, 6) is 0. The second-order valence-electron chi connectivity index (χ2n) is 5.62. The van der Waals surface area contributed by atoms with Gasteiger partial charge in [-0.2, -0.15) is 0 Å².